The first kappa shape index (κ1) is 23.6. The monoisotopic (exact) mass is 535 g/mol. The number of guanidine groups is 1. The highest BCUT2D eigenvalue weighted by Crippen LogP contribution is 2.38. The molecular weight excluding hydrogens is 509 g/mol. The molecule has 1 aromatic carbocycles. The topological polar surface area (TPSA) is 92.9 Å². The van der Waals surface area contributed by atoms with Crippen molar-refractivity contribution in [2.75, 3.05) is 26.3 Å². The molecule has 2 heterocycles. The third kappa shape index (κ3) is 6.13. The Morgan fingerprint density at radius 2 is 2.10 bits per heavy atom. The van der Waals surface area contributed by atoms with Crippen LogP contribution in [0.15, 0.2) is 29.5 Å². The molecule has 1 aromatic heterocycles. The minimum Gasteiger partial charge on any atom is -0.486 e. The van der Waals surface area contributed by atoms with Crippen molar-refractivity contribution in [3.8, 4) is 11.5 Å². The van der Waals surface area contributed by atoms with Gasteiger partial charge in [0.25, 0.3) is 0 Å². The first-order valence-corrected chi connectivity index (χ1v) is 9.58. The van der Waals surface area contributed by atoms with Crippen molar-refractivity contribution < 1.29 is 14.6 Å². The molecule has 3 rings (SSSR count). The summed E-state index contributed by atoms with van der Waals surface area (Å²) in [6.07, 6.45) is 3.45. The van der Waals surface area contributed by atoms with Crippen molar-refractivity contribution in [3.05, 3.63) is 40.7 Å². The van der Waals surface area contributed by atoms with Crippen molar-refractivity contribution in [2.24, 2.45) is 12.0 Å². The van der Waals surface area contributed by atoms with E-state index in [9.17, 15) is 5.11 Å². The van der Waals surface area contributed by atoms with Gasteiger partial charge in [-0.3, -0.25) is 4.68 Å². The molecule has 0 aliphatic carbocycles. The number of hydrogen-bond acceptors (Lipinski definition) is 5. The van der Waals surface area contributed by atoms with Crippen LogP contribution in [0.1, 0.15) is 25.0 Å². The van der Waals surface area contributed by atoms with Gasteiger partial charge in [0, 0.05) is 25.4 Å². The van der Waals surface area contributed by atoms with Crippen molar-refractivity contribution in [2.45, 2.75) is 26.0 Å². The van der Waals surface area contributed by atoms with Gasteiger partial charge in [-0.2, -0.15) is 5.10 Å². The molecule has 1 aliphatic heterocycles. The van der Waals surface area contributed by atoms with Crippen LogP contribution in [0, 0.1) is 0 Å². The van der Waals surface area contributed by atoms with E-state index in [-0.39, 0.29) is 30.5 Å². The summed E-state index contributed by atoms with van der Waals surface area (Å²) >= 11 is 6.29. The highest BCUT2D eigenvalue weighted by Gasteiger charge is 2.25. The first-order valence-electron chi connectivity index (χ1n) is 9.21. The quantitative estimate of drug-likeness (QED) is 0.299. The van der Waals surface area contributed by atoms with E-state index in [2.05, 4.69) is 20.7 Å². The van der Waals surface area contributed by atoms with Crippen LogP contribution in [0.3, 0.4) is 0 Å². The van der Waals surface area contributed by atoms with Crippen LogP contribution in [0.4, 0.5) is 0 Å². The molecule has 0 saturated carbocycles. The fourth-order valence-electron chi connectivity index (χ4n) is 2.82. The zero-order valence-corrected chi connectivity index (χ0v) is 19.8. The first-order chi connectivity index (χ1) is 13.4. The summed E-state index contributed by atoms with van der Waals surface area (Å²) in [4.78, 5) is 4.58. The second-order valence-electron chi connectivity index (χ2n) is 6.83. The number of aliphatic imine (C=N–C) groups is 1. The van der Waals surface area contributed by atoms with Gasteiger partial charge in [-0.05, 0) is 31.5 Å². The van der Waals surface area contributed by atoms with Crippen LogP contribution in [0.25, 0.3) is 0 Å². The van der Waals surface area contributed by atoms with E-state index in [1.54, 1.807) is 24.0 Å². The number of benzene rings is 1. The summed E-state index contributed by atoms with van der Waals surface area (Å²) in [5, 5.41) is 21.7. The van der Waals surface area contributed by atoms with Crippen LogP contribution >= 0.6 is 35.6 Å². The summed E-state index contributed by atoms with van der Waals surface area (Å²) in [6, 6.07) is 3.72. The van der Waals surface area contributed by atoms with E-state index in [1.165, 1.54) is 0 Å². The number of rotatable bonds is 6. The van der Waals surface area contributed by atoms with Crippen LogP contribution in [-0.2, 0) is 19.2 Å². The molecule has 0 bridgehead atoms. The molecule has 160 valence electrons. The Labute approximate surface area is 192 Å². The number of nitrogens with zero attached hydrogens (tertiary/aromatic N) is 3. The van der Waals surface area contributed by atoms with Gasteiger partial charge in [0.2, 0.25) is 0 Å². The number of fused-ring (bicyclic) bond motifs is 1. The van der Waals surface area contributed by atoms with Gasteiger partial charge in [-0.25, -0.2) is 4.99 Å². The van der Waals surface area contributed by atoms with E-state index in [0.717, 1.165) is 11.1 Å². The lowest BCUT2D eigenvalue weighted by atomic mass is 10.00. The van der Waals surface area contributed by atoms with Crippen LogP contribution in [0.2, 0.25) is 5.02 Å². The maximum atomic E-state index is 10.7. The predicted molar refractivity (Wildman–Crippen MR) is 123 cm³/mol. The molecule has 0 fully saturated rings. The molecule has 0 saturated heterocycles. The van der Waals surface area contributed by atoms with Crippen molar-refractivity contribution in [1.82, 2.24) is 20.4 Å². The van der Waals surface area contributed by atoms with E-state index < -0.39 is 5.60 Å². The molecule has 3 N–H and O–H groups in total. The Kier molecular flexibility index (Phi) is 8.41. The molecule has 0 spiro atoms. The Morgan fingerprint density at radius 3 is 2.79 bits per heavy atom. The lowest BCUT2D eigenvalue weighted by Gasteiger charge is -2.24. The number of aryl methyl sites for hydroxylation is 1. The van der Waals surface area contributed by atoms with Gasteiger partial charge >= 0.3 is 0 Å². The highest BCUT2D eigenvalue weighted by atomic mass is 127. The third-order valence-corrected chi connectivity index (χ3v) is 4.63. The fourth-order valence-corrected chi connectivity index (χ4v) is 3.11. The highest BCUT2D eigenvalue weighted by molar-refractivity contribution is 14.0. The number of hydrogen-bond donors (Lipinski definition) is 3. The SMILES string of the molecule is CCNC(=NCc1cc(Cl)c2c(c1)OCCO2)NCC(C)(O)c1cnn(C)c1.I. The fraction of sp³-hybridized carbons (Fsp3) is 0.474. The van der Waals surface area contributed by atoms with Crippen molar-refractivity contribution >= 4 is 41.5 Å². The van der Waals surface area contributed by atoms with E-state index in [4.69, 9.17) is 21.1 Å². The summed E-state index contributed by atoms with van der Waals surface area (Å²) < 4.78 is 12.8. The number of aromatic nitrogens is 2. The predicted octanol–water partition coefficient (Wildman–Crippen LogP) is 2.43. The summed E-state index contributed by atoms with van der Waals surface area (Å²) in [5.41, 5.74) is 0.563. The van der Waals surface area contributed by atoms with Gasteiger partial charge in [-0.15, -0.1) is 24.0 Å². The minimum absolute atomic E-state index is 0. The number of aliphatic hydroxyl groups is 1. The second kappa shape index (κ2) is 10.4. The van der Waals surface area contributed by atoms with E-state index in [1.807, 2.05) is 26.1 Å². The lowest BCUT2D eigenvalue weighted by molar-refractivity contribution is 0.0616. The van der Waals surface area contributed by atoms with Gasteiger partial charge in [0.15, 0.2) is 17.5 Å². The summed E-state index contributed by atoms with van der Waals surface area (Å²) in [5.74, 6) is 1.82. The zero-order valence-electron chi connectivity index (χ0n) is 16.7. The van der Waals surface area contributed by atoms with Gasteiger partial charge in [-0.1, -0.05) is 11.6 Å². The molecule has 10 heteroatoms. The molecule has 0 radical (unpaired) electrons. The van der Waals surface area contributed by atoms with Gasteiger partial charge in [0.1, 0.15) is 18.8 Å². The normalized spacial score (nSPS) is 15.3. The van der Waals surface area contributed by atoms with Crippen LogP contribution < -0.4 is 20.1 Å². The number of ether oxygens (including phenoxy) is 2. The smallest absolute Gasteiger partial charge is 0.191 e. The largest absolute Gasteiger partial charge is 0.486 e. The Hall–Kier alpha value is -1.72. The molecule has 1 aliphatic rings. The molecule has 1 atom stereocenters. The summed E-state index contributed by atoms with van der Waals surface area (Å²) in [7, 11) is 1.82. The van der Waals surface area contributed by atoms with Crippen LogP contribution in [0.5, 0.6) is 11.5 Å². The maximum absolute atomic E-state index is 10.7. The van der Waals surface area contributed by atoms with Gasteiger partial charge in [0.05, 0.1) is 24.3 Å². The molecule has 8 nitrogen and oxygen atoms in total. The maximum Gasteiger partial charge on any atom is 0.191 e. The molecule has 1 unspecified atom stereocenters. The average Bonchev–Trinajstić information content (AvgIpc) is 3.11. The molecular formula is C19H27ClIN5O3. The second-order valence-corrected chi connectivity index (χ2v) is 7.23. The number of halogens is 2. The minimum atomic E-state index is -1.08. The van der Waals surface area contributed by atoms with Crippen molar-refractivity contribution in [1.29, 1.82) is 0 Å². The number of nitrogens with one attached hydrogen (secondary N) is 2. The van der Waals surface area contributed by atoms with E-state index in [0.29, 0.717) is 48.8 Å². The Balaban J connectivity index is 0.00000300. The zero-order chi connectivity index (χ0) is 20.1. The van der Waals surface area contributed by atoms with Crippen molar-refractivity contribution in [3.63, 3.8) is 0 Å². The molecule has 0 amide bonds. The standard InChI is InChI=1S/C19H26ClN5O3.HI/c1-4-21-18(23-12-19(2,26)14-10-24-25(3)11-14)22-9-13-7-15(20)17-16(8-13)27-5-6-28-17;/h7-8,10-11,26H,4-6,9,12H2,1-3H3,(H2,21,22,23);1H. The third-order valence-electron chi connectivity index (χ3n) is 4.35. The van der Waals surface area contributed by atoms with E-state index >= 15 is 0 Å². The van der Waals surface area contributed by atoms with Gasteiger partial charge < -0.3 is 25.2 Å². The Morgan fingerprint density at radius 1 is 1.34 bits per heavy atom. The summed E-state index contributed by atoms with van der Waals surface area (Å²) in [6.45, 7) is 6.10. The molecule has 2 aromatic rings. The molecule has 29 heavy (non-hydrogen) atoms. The lowest BCUT2D eigenvalue weighted by Crippen LogP contribution is -2.44. The van der Waals surface area contributed by atoms with Crippen LogP contribution in [-0.4, -0.2) is 47.1 Å². The average molecular weight is 536 g/mol. The Bertz CT molecular complexity index is 856.